The molecule has 28 heavy (non-hydrogen) atoms. The zero-order chi connectivity index (χ0) is 21.1. The van der Waals surface area contributed by atoms with Gasteiger partial charge < -0.3 is 32.9 Å². The van der Waals surface area contributed by atoms with Gasteiger partial charge in [-0.25, -0.2) is 0 Å². The molecule has 12 heteroatoms. The van der Waals surface area contributed by atoms with Crippen molar-refractivity contribution < 1.29 is 42.2 Å². The maximum absolute atomic E-state index is 12.3. The summed E-state index contributed by atoms with van der Waals surface area (Å²) in [6.45, 7) is 6.86. The minimum atomic E-state index is -4.86. The number of phosphoric acid groups is 1. The van der Waals surface area contributed by atoms with E-state index in [9.17, 15) is 14.3 Å². The van der Waals surface area contributed by atoms with Gasteiger partial charge in [0.05, 0.1) is 37.5 Å². The Morgan fingerprint density at radius 2 is 1.82 bits per heavy atom. The topological polar surface area (TPSA) is 113 Å². The number of ketones is 1. The largest absolute Gasteiger partial charge is 0.756 e. The van der Waals surface area contributed by atoms with Gasteiger partial charge >= 0.3 is 0 Å². The lowest BCUT2D eigenvalue weighted by atomic mass is 9.95. The summed E-state index contributed by atoms with van der Waals surface area (Å²) in [4.78, 5) is 24.4. The molecule has 9 nitrogen and oxygen atoms in total. The van der Waals surface area contributed by atoms with Gasteiger partial charge in [0.25, 0.3) is 7.82 Å². The summed E-state index contributed by atoms with van der Waals surface area (Å²) < 4.78 is 43.8. The normalized spacial score (nSPS) is 35.8. The van der Waals surface area contributed by atoms with Gasteiger partial charge in [0.15, 0.2) is 11.9 Å². The number of carbonyl (C=O) groups excluding carboxylic acids is 1. The SMILES string of the molecule is [B][C@@H]1O[C@H](COC(C)C)[C@H](OP(=O)([O-])OC[C@H]2O[C@@H]([B])C[C@H]2OC(C)C)C1=O. The summed E-state index contributed by atoms with van der Waals surface area (Å²) in [5.74, 6) is -0.697. The van der Waals surface area contributed by atoms with Crippen LogP contribution in [0.2, 0.25) is 0 Å². The Bertz CT molecular complexity index is 576. The molecule has 0 aromatic rings. The molecule has 0 aromatic carbocycles. The number of ether oxygens (including phenoxy) is 4. The van der Waals surface area contributed by atoms with Crippen molar-refractivity contribution in [2.45, 2.75) is 82.7 Å². The van der Waals surface area contributed by atoms with Gasteiger partial charge in [0.2, 0.25) is 0 Å². The van der Waals surface area contributed by atoms with Gasteiger partial charge in [-0.2, -0.15) is 0 Å². The van der Waals surface area contributed by atoms with E-state index in [1.165, 1.54) is 0 Å². The predicted octanol–water partition coefficient (Wildman–Crippen LogP) is -0.179. The van der Waals surface area contributed by atoms with E-state index in [2.05, 4.69) is 0 Å². The van der Waals surface area contributed by atoms with Gasteiger partial charge in [0.1, 0.15) is 27.9 Å². The molecule has 2 fully saturated rings. The number of rotatable bonds is 10. The highest BCUT2D eigenvalue weighted by molar-refractivity contribution is 7.45. The molecule has 2 rings (SSSR count). The molecule has 0 amide bonds. The van der Waals surface area contributed by atoms with Crippen LogP contribution in [0, 0.1) is 0 Å². The summed E-state index contributed by atoms with van der Waals surface area (Å²) in [5.41, 5.74) is 0. The van der Waals surface area contributed by atoms with E-state index < -0.39 is 50.0 Å². The Kier molecular flexibility index (Phi) is 8.73. The van der Waals surface area contributed by atoms with E-state index in [1.807, 2.05) is 13.8 Å². The summed E-state index contributed by atoms with van der Waals surface area (Å²) >= 11 is 0. The van der Waals surface area contributed by atoms with Crippen molar-refractivity contribution >= 4 is 29.3 Å². The number of hydrogen-bond donors (Lipinski definition) is 0. The minimum Gasteiger partial charge on any atom is -0.756 e. The van der Waals surface area contributed by atoms with Crippen LogP contribution in [0.5, 0.6) is 0 Å². The monoisotopic (exact) mass is 415 g/mol. The summed E-state index contributed by atoms with van der Waals surface area (Å²) in [6, 6.07) is -1.87. The van der Waals surface area contributed by atoms with Crippen molar-refractivity contribution in [3.63, 3.8) is 0 Å². The molecule has 0 aliphatic carbocycles. The third-order valence-electron chi connectivity index (χ3n) is 4.13. The molecule has 0 aromatic heterocycles. The van der Waals surface area contributed by atoms with Crippen LogP contribution in [0.4, 0.5) is 0 Å². The lowest BCUT2D eigenvalue weighted by Gasteiger charge is -2.29. The standard InChI is InChI=1S/C16H27B2O9P/c1-8(2)22-6-12-15(14(19)16(18)26-12)27-28(20,21)23-7-11-10(24-9(3)4)5-13(17)25-11/h8-13,15-16H,5-7H2,1-4H3,(H,20,21)/p-1/t10-,11-,12-,13-,15+,16-/m1/s1. The second kappa shape index (κ2) is 10.2. The van der Waals surface area contributed by atoms with Gasteiger partial charge in [-0.3, -0.25) is 9.36 Å². The summed E-state index contributed by atoms with van der Waals surface area (Å²) in [6.07, 6.45) is -3.31. The van der Waals surface area contributed by atoms with Crippen molar-refractivity contribution in [2.24, 2.45) is 0 Å². The third kappa shape index (κ3) is 6.92. The summed E-state index contributed by atoms with van der Waals surface area (Å²) in [7, 11) is 6.43. The van der Waals surface area contributed by atoms with E-state index in [1.54, 1.807) is 13.8 Å². The second-order valence-electron chi connectivity index (χ2n) is 7.32. The molecular weight excluding hydrogens is 389 g/mol. The maximum atomic E-state index is 12.3. The lowest BCUT2D eigenvalue weighted by molar-refractivity contribution is -0.234. The van der Waals surface area contributed by atoms with Gasteiger partial charge in [-0.1, -0.05) is 0 Å². The minimum absolute atomic E-state index is 0.0489. The predicted molar refractivity (Wildman–Crippen MR) is 98.0 cm³/mol. The highest BCUT2D eigenvalue weighted by atomic mass is 31.2. The Balaban J connectivity index is 1.94. The lowest BCUT2D eigenvalue weighted by Crippen LogP contribution is -2.36. The van der Waals surface area contributed by atoms with Gasteiger partial charge in [0, 0.05) is 6.00 Å². The molecule has 0 bridgehead atoms. The van der Waals surface area contributed by atoms with Crippen LogP contribution in [-0.4, -0.2) is 83.3 Å². The third-order valence-corrected chi connectivity index (χ3v) is 5.08. The number of hydrogen-bond acceptors (Lipinski definition) is 9. The van der Waals surface area contributed by atoms with Crippen LogP contribution in [0.3, 0.4) is 0 Å². The number of phosphoric ester groups is 1. The van der Waals surface area contributed by atoms with E-state index in [-0.39, 0.29) is 25.4 Å². The van der Waals surface area contributed by atoms with Crippen LogP contribution in [0.25, 0.3) is 0 Å². The van der Waals surface area contributed by atoms with E-state index in [4.69, 9.17) is 43.7 Å². The summed E-state index contributed by atoms with van der Waals surface area (Å²) in [5, 5.41) is 0. The molecular formula is C16H26B2O9P-. The first-order valence-corrected chi connectivity index (χ1v) is 10.7. The maximum Gasteiger partial charge on any atom is 0.268 e. The van der Waals surface area contributed by atoms with E-state index >= 15 is 0 Å². The first-order chi connectivity index (χ1) is 13.0. The smallest absolute Gasteiger partial charge is 0.268 e. The molecule has 0 saturated carbocycles. The van der Waals surface area contributed by atoms with Crippen molar-refractivity contribution in [1.82, 2.24) is 0 Å². The molecule has 2 aliphatic heterocycles. The molecule has 4 radical (unpaired) electrons. The highest BCUT2D eigenvalue weighted by Gasteiger charge is 2.44. The second-order valence-corrected chi connectivity index (χ2v) is 8.68. The quantitative estimate of drug-likeness (QED) is 0.354. The fraction of sp³-hybridized carbons (Fsp3) is 0.938. The first kappa shape index (κ1) is 24.0. The molecule has 2 saturated heterocycles. The first-order valence-electron chi connectivity index (χ1n) is 9.25. The average molecular weight is 415 g/mol. The Hall–Kier alpha value is -0.250. The van der Waals surface area contributed by atoms with Crippen molar-refractivity contribution in [1.29, 1.82) is 0 Å². The van der Waals surface area contributed by atoms with Crippen molar-refractivity contribution in [3.8, 4) is 0 Å². The Morgan fingerprint density at radius 3 is 2.43 bits per heavy atom. The van der Waals surface area contributed by atoms with Crippen LogP contribution in [-0.2, 0) is 37.4 Å². The molecule has 1 unspecified atom stereocenters. The Morgan fingerprint density at radius 1 is 1.14 bits per heavy atom. The van der Waals surface area contributed by atoms with Gasteiger partial charge in [-0.15, -0.1) is 0 Å². The van der Waals surface area contributed by atoms with Crippen molar-refractivity contribution in [3.05, 3.63) is 0 Å². The zero-order valence-corrected chi connectivity index (χ0v) is 17.4. The fourth-order valence-electron chi connectivity index (χ4n) is 2.93. The molecule has 2 aliphatic rings. The van der Waals surface area contributed by atoms with E-state index in [0.29, 0.717) is 6.42 Å². The molecule has 0 N–H and O–H groups in total. The van der Waals surface area contributed by atoms with Crippen molar-refractivity contribution in [2.75, 3.05) is 13.2 Å². The number of carbonyl (C=O) groups is 1. The zero-order valence-electron chi connectivity index (χ0n) is 16.5. The molecule has 0 spiro atoms. The number of Topliss-reactive ketones (excluding diaryl/α,β-unsaturated/α-hetero) is 1. The molecule has 7 atom stereocenters. The molecule has 156 valence electrons. The van der Waals surface area contributed by atoms with Gasteiger partial charge in [-0.05, 0) is 34.1 Å². The van der Waals surface area contributed by atoms with Crippen LogP contribution >= 0.6 is 7.82 Å². The fourth-order valence-corrected chi connectivity index (χ4v) is 3.84. The van der Waals surface area contributed by atoms with Crippen LogP contribution < -0.4 is 4.89 Å². The van der Waals surface area contributed by atoms with Crippen LogP contribution in [0.15, 0.2) is 0 Å². The van der Waals surface area contributed by atoms with Crippen LogP contribution in [0.1, 0.15) is 34.1 Å². The average Bonchev–Trinajstić information content (AvgIpc) is 3.04. The van der Waals surface area contributed by atoms with E-state index in [0.717, 1.165) is 0 Å². The Labute approximate surface area is 168 Å². The highest BCUT2D eigenvalue weighted by Crippen LogP contribution is 2.43. The molecule has 2 heterocycles.